The van der Waals surface area contributed by atoms with Crippen LogP contribution in [0.5, 0.6) is 0 Å². The summed E-state index contributed by atoms with van der Waals surface area (Å²) in [6.07, 6.45) is 1.45. The van der Waals surface area contributed by atoms with Crippen LogP contribution < -0.4 is 5.32 Å². The van der Waals surface area contributed by atoms with Gasteiger partial charge in [-0.15, -0.1) is 0 Å². The van der Waals surface area contributed by atoms with E-state index in [1.165, 1.54) is 5.56 Å². The van der Waals surface area contributed by atoms with Crippen molar-refractivity contribution >= 4 is 23.7 Å². The summed E-state index contributed by atoms with van der Waals surface area (Å²) in [5.74, 6) is -1.18. The van der Waals surface area contributed by atoms with E-state index < -0.39 is 5.97 Å². The normalized spacial score (nSPS) is 12.6. The van der Waals surface area contributed by atoms with Crippen molar-refractivity contribution in [2.75, 3.05) is 19.7 Å². The molecule has 0 aliphatic carbocycles. The predicted molar refractivity (Wildman–Crippen MR) is 115 cm³/mol. The highest BCUT2D eigenvalue weighted by molar-refractivity contribution is 6.21. The van der Waals surface area contributed by atoms with E-state index in [1.54, 1.807) is 24.3 Å². The third-order valence-corrected chi connectivity index (χ3v) is 5.09. The van der Waals surface area contributed by atoms with E-state index in [9.17, 15) is 19.2 Å². The van der Waals surface area contributed by atoms with Crippen LogP contribution >= 0.6 is 0 Å². The average Bonchev–Trinajstić information content (AvgIpc) is 3.01. The Balaban J connectivity index is 1.27. The van der Waals surface area contributed by atoms with Crippen LogP contribution in [-0.4, -0.2) is 48.3 Å². The second-order valence-corrected chi connectivity index (χ2v) is 7.47. The number of carbonyl (C=O) groups excluding carboxylic acids is 4. The zero-order valence-corrected chi connectivity index (χ0v) is 17.6. The molecular formula is C24H26N2O5. The fourth-order valence-corrected chi connectivity index (χ4v) is 3.35. The number of hydrogen-bond acceptors (Lipinski definition) is 5. The second-order valence-electron chi connectivity index (χ2n) is 7.47. The number of nitrogens with zero attached hydrogens (tertiary/aromatic N) is 1. The van der Waals surface area contributed by atoms with Crippen molar-refractivity contribution < 1.29 is 23.9 Å². The maximum Gasteiger partial charge on any atom is 0.305 e. The molecule has 0 bridgehead atoms. The number of fused-ring (bicyclic) bond motifs is 1. The first-order valence-electron chi connectivity index (χ1n) is 10.4. The van der Waals surface area contributed by atoms with Crippen molar-refractivity contribution in [1.29, 1.82) is 0 Å². The maximum atomic E-state index is 12.3. The van der Waals surface area contributed by atoms with E-state index in [2.05, 4.69) is 5.32 Å². The molecule has 0 aromatic heterocycles. The number of ether oxygens (including phenoxy) is 1. The Labute approximate surface area is 181 Å². The molecule has 1 N–H and O–H groups in total. The number of nitrogens with one attached hydrogen (secondary N) is 1. The Hall–Kier alpha value is -3.48. The largest absolute Gasteiger partial charge is 0.464 e. The fourth-order valence-electron chi connectivity index (χ4n) is 3.35. The van der Waals surface area contributed by atoms with Crippen LogP contribution in [-0.2, 0) is 20.7 Å². The summed E-state index contributed by atoms with van der Waals surface area (Å²) < 4.78 is 5.11. The SMILES string of the molecule is Cc1ccc(CCC(=O)NCCOC(=O)CCCN2C(=O)c3ccccc3C2=O)cc1. The van der Waals surface area contributed by atoms with Gasteiger partial charge in [0.1, 0.15) is 6.61 Å². The van der Waals surface area contributed by atoms with Gasteiger partial charge < -0.3 is 10.1 Å². The molecule has 2 aromatic carbocycles. The molecule has 0 fully saturated rings. The molecule has 2 aromatic rings. The molecule has 0 spiro atoms. The first kappa shape index (κ1) is 22.2. The van der Waals surface area contributed by atoms with Gasteiger partial charge in [0, 0.05) is 19.4 Å². The van der Waals surface area contributed by atoms with Gasteiger partial charge in [-0.25, -0.2) is 0 Å². The molecule has 1 aliphatic heterocycles. The Kier molecular flexibility index (Phi) is 7.54. The van der Waals surface area contributed by atoms with Crippen LogP contribution in [0.2, 0.25) is 0 Å². The van der Waals surface area contributed by atoms with Crippen LogP contribution in [0.15, 0.2) is 48.5 Å². The zero-order chi connectivity index (χ0) is 22.2. The van der Waals surface area contributed by atoms with Crippen molar-refractivity contribution in [3.05, 3.63) is 70.8 Å². The summed E-state index contributed by atoms with van der Waals surface area (Å²) in [5, 5.41) is 2.73. The summed E-state index contributed by atoms with van der Waals surface area (Å²) in [6.45, 7) is 2.51. The number of rotatable bonds is 10. The van der Waals surface area contributed by atoms with Crippen molar-refractivity contribution in [2.24, 2.45) is 0 Å². The summed E-state index contributed by atoms with van der Waals surface area (Å²) in [5.41, 5.74) is 3.07. The van der Waals surface area contributed by atoms with E-state index >= 15 is 0 Å². The lowest BCUT2D eigenvalue weighted by Gasteiger charge is -2.13. The average molecular weight is 422 g/mol. The Morgan fingerprint density at radius 2 is 1.58 bits per heavy atom. The van der Waals surface area contributed by atoms with Gasteiger partial charge in [0.15, 0.2) is 0 Å². The van der Waals surface area contributed by atoms with E-state index in [4.69, 9.17) is 4.74 Å². The topological polar surface area (TPSA) is 92.8 Å². The van der Waals surface area contributed by atoms with E-state index in [-0.39, 0.29) is 43.8 Å². The van der Waals surface area contributed by atoms with Gasteiger partial charge in [0.25, 0.3) is 11.8 Å². The minimum Gasteiger partial charge on any atom is -0.464 e. The number of carbonyl (C=O) groups is 4. The number of esters is 1. The first-order valence-corrected chi connectivity index (χ1v) is 10.4. The minimum absolute atomic E-state index is 0.0854. The third kappa shape index (κ3) is 6.01. The minimum atomic E-state index is -0.425. The monoisotopic (exact) mass is 422 g/mol. The molecule has 1 aliphatic rings. The molecule has 3 amide bonds. The maximum absolute atomic E-state index is 12.3. The Morgan fingerprint density at radius 3 is 2.23 bits per heavy atom. The van der Waals surface area contributed by atoms with E-state index in [0.717, 1.165) is 10.5 Å². The van der Waals surface area contributed by atoms with Gasteiger partial charge in [-0.2, -0.15) is 0 Å². The molecule has 162 valence electrons. The van der Waals surface area contributed by atoms with Crippen molar-refractivity contribution in [3.63, 3.8) is 0 Å². The molecule has 3 rings (SSSR count). The van der Waals surface area contributed by atoms with Gasteiger partial charge >= 0.3 is 5.97 Å². The van der Waals surface area contributed by atoms with Gasteiger partial charge in [0.05, 0.1) is 17.7 Å². The van der Waals surface area contributed by atoms with E-state index in [1.807, 2.05) is 31.2 Å². The summed E-state index contributed by atoms with van der Waals surface area (Å²) in [6, 6.07) is 14.7. The lowest BCUT2D eigenvalue weighted by Crippen LogP contribution is -2.31. The van der Waals surface area contributed by atoms with E-state index in [0.29, 0.717) is 30.4 Å². The molecule has 0 atom stereocenters. The van der Waals surface area contributed by atoms with Gasteiger partial charge in [-0.05, 0) is 37.5 Å². The van der Waals surface area contributed by atoms with Crippen LogP contribution in [0.1, 0.15) is 51.1 Å². The fraction of sp³-hybridized carbons (Fsp3) is 0.333. The molecular weight excluding hydrogens is 396 g/mol. The third-order valence-electron chi connectivity index (χ3n) is 5.09. The molecule has 0 unspecified atom stereocenters. The molecule has 0 radical (unpaired) electrons. The number of hydrogen-bond donors (Lipinski definition) is 1. The number of benzene rings is 2. The predicted octanol–water partition coefficient (Wildman–Crippen LogP) is 2.66. The highest BCUT2D eigenvalue weighted by Gasteiger charge is 2.34. The number of imide groups is 1. The summed E-state index contributed by atoms with van der Waals surface area (Å²) in [4.78, 5) is 49.4. The molecule has 1 heterocycles. The molecule has 0 saturated heterocycles. The lowest BCUT2D eigenvalue weighted by atomic mass is 10.1. The molecule has 7 heteroatoms. The van der Waals surface area contributed by atoms with Crippen LogP contribution in [0.25, 0.3) is 0 Å². The van der Waals surface area contributed by atoms with Crippen molar-refractivity contribution in [2.45, 2.75) is 32.6 Å². The quantitative estimate of drug-likeness (QED) is 0.361. The summed E-state index contributed by atoms with van der Waals surface area (Å²) in [7, 11) is 0. The smallest absolute Gasteiger partial charge is 0.305 e. The van der Waals surface area contributed by atoms with Crippen LogP contribution in [0, 0.1) is 6.92 Å². The van der Waals surface area contributed by atoms with Gasteiger partial charge in [-0.3, -0.25) is 24.1 Å². The van der Waals surface area contributed by atoms with Gasteiger partial charge in [-0.1, -0.05) is 42.0 Å². The zero-order valence-electron chi connectivity index (χ0n) is 17.6. The Morgan fingerprint density at radius 1 is 0.935 bits per heavy atom. The lowest BCUT2D eigenvalue weighted by molar-refractivity contribution is -0.144. The van der Waals surface area contributed by atoms with Crippen LogP contribution in [0.3, 0.4) is 0 Å². The molecule has 31 heavy (non-hydrogen) atoms. The van der Waals surface area contributed by atoms with Gasteiger partial charge in [0.2, 0.25) is 5.91 Å². The number of amides is 3. The highest BCUT2D eigenvalue weighted by atomic mass is 16.5. The molecule has 7 nitrogen and oxygen atoms in total. The van der Waals surface area contributed by atoms with Crippen LogP contribution in [0.4, 0.5) is 0 Å². The number of aryl methyl sites for hydroxylation is 2. The molecule has 0 saturated carbocycles. The first-order chi connectivity index (χ1) is 15.0. The highest BCUT2D eigenvalue weighted by Crippen LogP contribution is 2.22. The second kappa shape index (κ2) is 10.5. The van der Waals surface area contributed by atoms with Crippen molar-refractivity contribution in [1.82, 2.24) is 10.2 Å². The van der Waals surface area contributed by atoms with Crippen molar-refractivity contribution in [3.8, 4) is 0 Å². The standard InChI is InChI=1S/C24H26N2O5/c1-17-8-10-18(11-9-17)12-13-21(27)25-14-16-31-22(28)7-4-15-26-23(29)19-5-2-3-6-20(19)24(26)30/h2-3,5-6,8-11H,4,7,12-16H2,1H3,(H,25,27). The summed E-state index contributed by atoms with van der Waals surface area (Å²) >= 11 is 0. The Bertz CT molecular complexity index is 933.